The zero-order chi connectivity index (χ0) is 17.8. The molecule has 0 aliphatic rings. The Bertz CT molecular complexity index is 582. The summed E-state index contributed by atoms with van der Waals surface area (Å²) < 4.78 is 5.24. The van der Waals surface area contributed by atoms with E-state index in [0.717, 1.165) is 0 Å². The molecule has 0 amide bonds. The lowest BCUT2D eigenvalue weighted by atomic mass is 9.99. The van der Waals surface area contributed by atoms with Gasteiger partial charge in [-0.3, -0.25) is 9.78 Å². The van der Waals surface area contributed by atoms with Gasteiger partial charge in [0.15, 0.2) is 0 Å². The van der Waals surface area contributed by atoms with Crippen LogP contribution in [0.1, 0.15) is 62.8 Å². The van der Waals surface area contributed by atoms with Crippen molar-refractivity contribution < 1.29 is 24.5 Å². The SMILES string of the molecule is CC(C)(O)CCc1nc(CC(=O)OC(C)(C)C)ccc1C(=O)O. The zero-order valence-corrected chi connectivity index (χ0v) is 14.3. The van der Waals surface area contributed by atoms with E-state index in [4.69, 9.17) is 4.74 Å². The van der Waals surface area contributed by atoms with Crippen LogP contribution in [0, 0.1) is 0 Å². The van der Waals surface area contributed by atoms with Crippen LogP contribution in [0.25, 0.3) is 0 Å². The van der Waals surface area contributed by atoms with E-state index in [1.54, 1.807) is 34.6 Å². The molecule has 0 aliphatic carbocycles. The topological polar surface area (TPSA) is 96.7 Å². The summed E-state index contributed by atoms with van der Waals surface area (Å²) in [6.45, 7) is 8.64. The van der Waals surface area contributed by atoms with Gasteiger partial charge in [0.25, 0.3) is 0 Å². The molecule has 0 saturated heterocycles. The first-order chi connectivity index (χ1) is 10.4. The lowest BCUT2D eigenvalue weighted by Gasteiger charge is -2.20. The molecule has 0 unspecified atom stereocenters. The molecule has 0 saturated carbocycles. The van der Waals surface area contributed by atoms with Gasteiger partial charge < -0.3 is 14.9 Å². The molecule has 0 atom stereocenters. The third-order valence-electron chi connectivity index (χ3n) is 2.98. The number of aliphatic hydroxyl groups is 1. The number of aromatic carboxylic acids is 1. The van der Waals surface area contributed by atoms with Crippen molar-refractivity contribution in [2.75, 3.05) is 0 Å². The van der Waals surface area contributed by atoms with Crippen molar-refractivity contribution in [1.29, 1.82) is 0 Å². The van der Waals surface area contributed by atoms with Crippen LogP contribution in [0.5, 0.6) is 0 Å². The van der Waals surface area contributed by atoms with E-state index in [2.05, 4.69) is 4.98 Å². The van der Waals surface area contributed by atoms with E-state index in [0.29, 0.717) is 24.2 Å². The number of esters is 1. The third kappa shape index (κ3) is 7.23. The molecule has 6 nitrogen and oxygen atoms in total. The van der Waals surface area contributed by atoms with E-state index in [1.165, 1.54) is 12.1 Å². The van der Waals surface area contributed by atoms with E-state index in [-0.39, 0.29) is 12.0 Å². The van der Waals surface area contributed by atoms with Gasteiger partial charge >= 0.3 is 11.9 Å². The van der Waals surface area contributed by atoms with Crippen LogP contribution in [0.2, 0.25) is 0 Å². The Morgan fingerprint density at radius 1 is 1.17 bits per heavy atom. The van der Waals surface area contributed by atoms with Crippen molar-refractivity contribution >= 4 is 11.9 Å². The minimum Gasteiger partial charge on any atom is -0.478 e. The molecule has 23 heavy (non-hydrogen) atoms. The molecule has 0 radical (unpaired) electrons. The lowest BCUT2D eigenvalue weighted by Crippen LogP contribution is -2.25. The number of ether oxygens (including phenoxy) is 1. The van der Waals surface area contributed by atoms with E-state index in [1.807, 2.05) is 0 Å². The molecule has 1 heterocycles. The van der Waals surface area contributed by atoms with Crippen molar-refractivity contribution in [3.05, 3.63) is 29.1 Å². The quantitative estimate of drug-likeness (QED) is 0.780. The van der Waals surface area contributed by atoms with Crippen molar-refractivity contribution in [3.8, 4) is 0 Å². The first-order valence-corrected chi connectivity index (χ1v) is 7.54. The minimum atomic E-state index is -1.08. The van der Waals surface area contributed by atoms with E-state index in [9.17, 15) is 19.8 Å². The van der Waals surface area contributed by atoms with Gasteiger partial charge in [-0.15, -0.1) is 0 Å². The summed E-state index contributed by atoms with van der Waals surface area (Å²) >= 11 is 0. The van der Waals surface area contributed by atoms with Gasteiger partial charge in [0.05, 0.1) is 29.0 Å². The Labute approximate surface area is 136 Å². The van der Waals surface area contributed by atoms with Gasteiger partial charge in [-0.1, -0.05) is 0 Å². The van der Waals surface area contributed by atoms with Crippen molar-refractivity contribution in [1.82, 2.24) is 4.98 Å². The number of aryl methyl sites for hydroxylation is 1. The molecule has 0 spiro atoms. The van der Waals surface area contributed by atoms with Crippen LogP contribution < -0.4 is 0 Å². The number of rotatable bonds is 6. The average molecular weight is 323 g/mol. The molecule has 0 bridgehead atoms. The second-order valence-electron chi connectivity index (χ2n) is 7.18. The lowest BCUT2D eigenvalue weighted by molar-refractivity contribution is -0.154. The maximum absolute atomic E-state index is 11.9. The predicted octanol–water partition coefficient (Wildman–Crippen LogP) is 2.37. The molecule has 128 valence electrons. The predicted molar refractivity (Wildman–Crippen MR) is 85.4 cm³/mol. The van der Waals surface area contributed by atoms with E-state index >= 15 is 0 Å². The molecular formula is C17H25NO5. The van der Waals surface area contributed by atoms with Crippen LogP contribution in [0.4, 0.5) is 0 Å². The van der Waals surface area contributed by atoms with E-state index < -0.39 is 23.1 Å². The number of nitrogens with zero attached hydrogens (tertiary/aromatic N) is 1. The van der Waals surface area contributed by atoms with Crippen LogP contribution in [0.15, 0.2) is 12.1 Å². The van der Waals surface area contributed by atoms with Gasteiger partial charge in [0.1, 0.15) is 5.60 Å². The van der Waals surface area contributed by atoms with Crippen molar-refractivity contribution in [3.63, 3.8) is 0 Å². The highest BCUT2D eigenvalue weighted by Gasteiger charge is 2.20. The Kier molecular flexibility index (Phi) is 5.88. The molecule has 2 N–H and O–H groups in total. The second kappa shape index (κ2) is 7.08. The summed E-state index contributed by atoms with van der Waals surface area (Å²) in [5.41, 5.74) is -0.599. The van der Waals surface area contributed by atoms with Gasteiger partial charge in [-0.2, -0.15) is 0 Å². The molecule has 6 heteroatoms. The Balaban J connectivity index is 2.95. The van der Waals surface area contributed by atoms with Crippen molar-refractivity contribution in [2.24, 2.45) is 0 Å². The summed E-state index contributed by atoms with van der Waals surface area (Å²) in [6, 6.07) is 2.95. The van der Waals surface area contributed by atoms with Crippen LogP contribution in [-0.2, 0) is 22.4 Å². The summed E-state index contributed by atoms with van der Waals surface area (Å²) in [6.07, 6.45) is 0.663. The average Bonchev–Trinajstić information content (AvgIpc) is 2.32. The minimum absolute atomic E-state index is 0.0211. The largest absolute Gasteiger partial charge is 0.478 e. The standard InChI is InChI=1S/C17H25NO5/c1-16(2,3)23-14(19)10-11-6-7-12(15(20)21)13(18-11)8-9-17(4,5)22/h6-7,22H,8-10H2,1-5H3,(H,20,21). The molecule has 1 aromatic rings. The summed E-state index contributed by atoms with van der Waals surface area (Å²) in [7, 11) is 0. The maximum atomic E-state index is 11.9. The highest BCUT2D eigenvalue weighted by molar-refractivity contribution is 5.89. The first-order valence-electron chi connectivity index (χ1n) is 7.54. The summed E-state index contributed by atoms with van der Waals surface area (Å²) in [5, 5.41) is 19.0. The molecular weight excluding hydrogens is 298 g/mol. The molecule has 0 fully saturated rings. The molecule has 0 aromatic carbocycles. The highest BCUT2D eigenvalue weighted by Crippen LogP contribution is 2.17. The van der Waals surface area contributed by atoms with Crippen LogP contribution in [-0.4, -0.2) is 38.3 Å². The number of hydrogen-bond acceptors (Lipinski definition) is 5. The number of carboxylic acid groups (broad SMARTS) is 1. The maximum Gasteiger partial charge on any atom is 0.337 e. The zero-order valence-electron chi connectivity index (χ0n) is 14.3. The third-order valence-corrected chi connectivity index (χ3v) is 2.98. The Morgan fingerprint density at radius 2 is 1.78 bits per heavy atom. The number of carbonyl (C=O) groups excluding carboxylic acids is 1. The fourth-order valence-electron chi connectivity index (χ4n) is 1.98. The van der Waals surface area contributed by atoms with Gasteiger partial charge in [-0.25, -0.2) is 4.79 Å². The van der Waals surface area contributed by atoms with Gasteiger partial charge in [0.2, 0.25) is 0 Å². The molecule has 0 aliphatic heterocycles. The fourth-order valence-corrected chi connectivity index (χ4v) is 1.98. The van der Waals surface area contributed by atoms with Gasteiger partial charge in [-0.05, 0) is 59.6 Å². The van der Waals surface area contributed by atoms with Crippen molar-refractivity contribution in [2.45, 2.75) is 65.1 Å². The smallest absolute Gasteiger partial charge is 0.337 e. The monoisotopic (exact) mass is 323 g/mol. The number of carboxylic acids is 1. The normalized spacial score (nSPS) is 12.1. The number of carbonyl (C=O) groups is 2. The number of aromatic nitrogens is 1. The second-order valence-corrected chi connectivity index (χ2v) is 7.18. The molecule has 1 rings (SSSR count). The fraction of sp³-hybridized carbons (Fsp3) is 0.588. The number of hydrogen-bond donors (Lipinski definition) is 2. The number of pyridine rings is 1. The Morgan fingerprint density at radius 3 is 2.26 bits per heavy atom. The van der Waals surface area contributed by atoms with Gasteiger partial charge in [0, 0.05) is 0 Å². The highest BCUT2D eigenvalue weighted by atomic mass is 16.6. The summed E-state index contributed by atoms with van der Waals surface area (Å²) in [5.74, 6) is -1.49. The summed E-state index contributed by atoms with van der Waals surface area (Å²) in [4.78, 5) is 27.4. The first kappa shape index (κ1) is 19.1. The van der Waals surface area contributed by atoms with Crippen LogP contribution in [0.3, 0.4) is 0 Å². The van der Waals surface area contributed by atoms with Crippen LogP contribution >= 0.6 is 0 Å². The molecule has 1 aromatic heterocycles. The Hall–Kier alpha value is -1.95.